The predicted octanol–water partition coefficient (Wildman–Crippen LogP) is -0.163. The van der Waals surface area contributed by atoms with Gasteiger partial charge in [-0.3, -0.25) is 14.6 Å². The second kappa shape index (κ2) is 6.46. The number of hydrogen-bond donors (Lipinski definition) is 0. The summed E-state index contributed by atoms with van der Waals surface area (Å²) in [7, 11) is 3.19. The van der Waals surface area contributed by atoms with E-state index in [-0.39, 0.29) is 11.9 Å². The van der Waals surface area contributed by atoms with E-state index in [4.69, 9.17) is 0 Å². The van der Waals surface area contributed by atoms with Crippen molar-refractivity contribution in [2.75, 3.05) is 46.8 Å². The fraction of sp³-hybridized carbons (Fsp3) is 0.706. The summed E-state index contributed by atoms with van der Waals surface area (Å²) in [6, 6.07) is -0.886. The maximum Gasteiger partial charge on any atom is 0.416 e. The first kappa shape index (κ1) is 17.1. The van der Waals surface area contributed by atoms with E-state index in [2.05, 4.69) is 15.0 Å². The Bertz CT molecular complexity index is 735. The molecule has 9 heteroatoms. The number of guanidine groups is 1. The highest BCUT2D eigenvalue weighted by Crippen LogP contribution is 2.22. The minimum Gasteiger partial charge on any atom is -0.300 e. The third kappa shape index (κ3) is 2.70. The van der Waals surface area contributed by atoms with Gasteiger partial charge in [0.2, 0.25) is 11.9 Å². The van der Waals surface area contributed by atoms with E-state index in [9.17, 15) is 9.59 Å². The van der Waals surface area contributed by atoms with Gasteiger partial charge in [0.05, 0.1) is 5.71 Å². The fourth-order valence-corrected chi connectivity index (χ4v) is 4.05. The van der Waals surface area contributed by atoms with Crippen molar-refractivity contribution in [2.24, 2.45) is 10.1 Å². The molecule has 0 bridgehead atoms. The predicted molar refractivity (Wildman–Crippen MR) is 97.4 cm³/mol. The van der Waals surface area contributed by atoms with E-state index >= 15 is 0 Å². The van der Waals surface area contributed by atoms with Crippen LogP contribution in [0.1, 0.15) is 26.2 Å². The molecule has 26 heavy (non-hydrogen) atoms. The molecule has 0 saturated carbocycles. The molecule has 2 saturated heterocycles. The number of carbonyl (C=O) groups excluding carboxylic acids is 2. The average Bonchev–Trinajstić information content (AvgIpc) is 3.03. The lowest BCUT2D eigenvalue weighted by atomic mass is 10.1. The molecular formula is C17H26N7O2+. The van der Waals surface area contributed by atoms with Crippen LogP contribution in [-0.4, -0.2) is 107 Å². The molecular weight excluding hydrogens is 334 g/mol. The van der Waals surface area contributed by atoms with Gasteiger partial charge >= 0.3 is 12.0 Å². The zero-order chi connectivity index (χ0) is 18.4. The van der Waals surface area contributed by atoms with Crippen LogP contribution in [0, 0.1) is 0 Å². The highest BCUT2D eigenvalue weighted by atomic mass is 16.2. The molecule has 9 nitrogen and oxygen atoms in total. The van der Waals surface area contributed by atoms with Crippen molar-refractivity contribution >= 4 is 29.4 Å². The van der Waals surface area contributed by atoms with Crippen molar-refractivity contribution in [2.45, 2.75) is 32.2 Å². The third-order valence-electron chi connectivity index (χ3n) is 5.51. The number of likely N-dealkylation sites (N-methyl/N-ethyl adjacent to an activating group) is 2. The van der Waals surface area contributed by atoms with Gasteiger partial charge in [-0.1, -0.05) is 11.4 Å². The molecule has 1 unspecified atom stereocenters. The summed E-state index contributed by atoms with van der Waals surface area (Å²) in [5, 5.41) is 6.56. The molecule has 1 atom stereocenters. The topological polar surface area (TPSA) is 74.8 Å². The molecule has 4 aliphatic heterocycles. The number of urea groups is 1. The van der Waals surface area contributed by atoms with Gasteiger partial charge in [0.25, 0.3) is 5.91 Å². The van der Waals surface area contributed by atoms with E-state index < -0.39 is 6.04 Å². The van der Waals surface area contributed by atoms with Gasteiger partial charge in [-0.15, -0.1) is 10.1 Å². The van der Waals surface area contributed by atoms with Gasteiger partial charge in [0.15, 0.2) is 0 Å². The van der Waals surface area contributed by atoms with Crippen molar-refractivity contribution in [1.29, 1.82) is 0 Å². The van der Waals surface area contributed by atoms with Gasteiger partial charge in [0.1, 0.15) is 13.1 Å². The number of amides is 3. The minimum atomic E-state index is -0.541. The van der Waals surface area contributed by atoms with Gasteiger partial charge in [-0.25, -0.2) is 9.37 Å². The van der Waals surface area contributed by atoms with Gasteiger partial charge in [-0.2, -0.15) is 0 Å². The summed E-state index contributed by atoms with van der Waals surface area (Å²) in [6.45, 7) is 6.44. The van der Waals surface area contributed by atoms with E-state index in [1.807, 2.05) is 16.5 Å². The van der Waals surface area contributed by atoms with Crippen LogP contribution in [0.5, 0.6) is 0 Å². The molecule has 4 rings (SSSR count). The maximum absolute atomic E-state index is 12.7. The number of amidine groups is 1. The molecule has 2 fully saturated rings. The first-order valence-corrected chi connectivity index (χ1v) is 9.29. The SMILES string of the molecule is CC1=NN(CCN2CCCCC2)C2=[N+](C1)C1C(=O)N(C)C(=O)N(C)C1=N2. The summed E-state index contributed by atoms with van der Waals surface area (Å²) in [5.41, 5.74) is 0.943. The molecule has 0 spiro atoms. The molecule has 4 heterocycles. The van der Waals surface area contributed by atoms with Crippen molar-refractivity contribution in [3.63, 3.8) is 0 Å². The molecule has 140 valence electrons. The van der Waals surface area contributed by atoms with Crippen LogP contribution >= 0.6 is 0 Å². The van der Waals surface area contributed by atoms with Crippen LogP contribution in [-0.2, 0) is 4.79 Å². The highest BCUT2D eigenvalue weighted by molar-refractivity contribution is 6.23. The van der Waals surface area contributed by atoms with Crippen LogP contribution in [0.25, 0.3) is 0 Å². The number of hydrazone groups is 1. The van der Waals surface area contributed by atoms with Crippen LogP contribution in [0.4, 0.5) is 4.79 Å². The Balaban J connectivity index is 1.58. The molecule has 0 aliphatic carbocycles. The highest BCUT2D eigenvalue weighted by Gasteiger charge is 2.53. The zero-order valence-corrected chi connectivity index (χ0v) is 15.7. The second-order valence-electron chi connectivity index (χ2n) is 7.40. The van der Waals surface area contributed by atoms with Crippen molar-refractivity contribution in [3.8, 4) is 0 Å². The lowest BCUT2D eigenvalue weighted by molar-refractivity contribution is -0.527. The monoisotopic (exact) mass is 360 g/mol. The first-order valence-electron chi connectivity index (χ1n) is 9.29. The van der Waals surface area contributed by atoms with E-state index in [1.54, 1.807) is 7.05 Å². The number of carbonyl (C=O) groups is 2. The van der Waals surface area contributed by atoms with E-state index in [0.29, 0.717) is 18.3 Å². The Morgan fingerprint density at radius 2 is 1.81 bits per heavy atom. The molecule has 0 aromatic carbocycles. The number of nitrogens with zero attached hydrogens (tertiary/aromatic N) is 7. The first-order chi connectivity index (χ1) is 12.5. The Kier molecular flexibility index (Phi) is 4.26. The summed E-state index contributed by atoms with van der Waals surface area (Å²) >= 11 is 0. The third-order valence-corrected chi connectivity index (χ3v) is 5.51. The number of hydrogen-bond acceptors (Lipinski definition) is 6. The lowest BCUT2D eigenvalue weighted by Gasteiger charge is -2.32. The van der Waals surface area contributed by atoms with E-state index in [1.165, 1.54) is 36.1 Å². The fourth-order valence-electron chi connectivity index (χ4n) is 4.05. The number of aliphatic imine (C=N–C) groups is 1. The number of fused-ring (bicyclic) bond motifs is 2. The summed E-state index contributed by atoms with van der Waals surface area (Å²) in [6.07, 6.45) is 3.82. The Hall–Kier alpha value is -2.29. The Morgan fingerprint density at radius 1 is 1.08 bits per heavy atom. The average molecular weight is 360 g/mol. The maximum atomic E-state index is 12.7. The van der Waals surface area contributed by atoms with Crippen LogP contribution in [0.2, 0.25) is 0 Å². The quantitative estimate of drug-likeness (QED) is 0.656. The lowest BCUT2D eigenvalue weighted by Crippen LogP contribution is -2.62. The normalized spacial score (nSPS) is 26.9. The Labute approximate surface area is 153 Å². The van der Waals surface area contributed by atoms with E-state index in [0.717, 1.165) is 31.9 Å². The van der Waals surface area contributed by atoms with Crippen molar-refractivity contribution in [1.82, 2.24) is 19.7 Å². The van der Waals surface area contributed by atoms with Gasteiger partial charge < -0.3 is 4.90 Å². The number of likely N-dealkylation sites (tertiary alicyclic amines) is 1. The summed E-state index contributed by atoms with van der Waals surface area (Å²) < 4.78 is 1.97. The van der Waals surface area contributed by atoms with Crippen LogP contribution in [0.3, 0.4) is 0 Å². The summed E-state index contributed by atoms with van der Waals surface area (Å²) in [5.74, 6) is 0.949. The number of rotatable bonds is 3. The van der Waals surface area contributed by atoms with Gasteiger partial charge in [-0.05, 0) is 32.9 Å². The smallest absolute Gasteiger partial charge is 0.300 e. The minimum absolute atomic E-state index is 0.229. The molecule has 0 aromatic rings. The van der Waals surface area contributed by atoms with Crippen molar-refractivity contribution in [3.05, 3.63) is 0 Å². The molecule has 3 amide bonds. The largest absolute Gasteiger partial charge is 0.416 e. The molecule has 0 aromatic heterocycles. The standard InChI is InChI=1S/C17H26N7O2/c1-12-11-23-13-14(20(2)17(26)21(3)15(13)25)18-16(23)24(19-12)10-9-22-7-5-4-6-8-22/h13H,4-11H2,1-3H3/q+1. The summed E-state index contributed by atoms with van der Waals surface area (Å²) in [4.78, 5) is 34.7. The molecule has 0 radical (unpaired) electrons. The zero-order valence-electron chi connectivity index (χ0n) is 15.7. The van der Waals surface area contributed by atoms with Crippen molar-refractivity contribution < 1.29 is 14.2 Å². The van der Waals surface area contributed by atoms with Gasteiger partial charge in [0, 0.05) is 20.6 Å². The van der Waals surface area contributed by atoms with Crippen LogP contribution in [0.15, 0.2) is 10.1 Å². The van der Waals surface area contributed by atoms with Crippen LogP contribution < -0.4 is 0 Å². The second-order valence-corrected chi connectivity index (χ2v) is 7.40. The number of imide groups is 1. The number of piperidine rings is 1. The Morgan fingerprint density at radius 3 is 2.54 bits per heavy atom. The molecule has 4 aliphatic rings. The molecule has 0 N–H and O–H groups in total.